The van der Waals surface area contributed by atoms with Gasteiger partial charge in [0.1, 0.15) is 11.3 Å². The average molecular weight is 498 g/mol. The molecule has 0 spiro atoms. The zero-order valence-electron chi connectivity index (χ0n) is 21.2. The molecule has 3 nitrogen and oxygen atoms in total. The average Bonchev–Trinajstić information content (AvgIpc) is 3.20. The van der Waals surface area contributed by atoms with Crippen LogP contribution in [0.2, 0.25) is 0 Å². The van der Waals surface area contributed by atoms with Crippen molar-refractivity contribution in [2.75, 3.05) is 5.32 Å². The Balaban J connectivity index is 1.97. The summed E-state index contributed by atoms with van der Waals surface area (Å²) in [5, 5.41) is 3.54. The van der Waals surface area contributed by atoms with Crippen molar-refractivity contribution in [2.24, 2.45) is 0 Å². The Labute approximate surface area is 209 Å². The van der Waals surface area contributed by atoms with Crippen molar-refractivity contribution in [1.82, 2.24) is 9.55 Å². The van der Waals surface area contributed by atoms with Gasteiger partial charge in [-0.15, -0.1) is 0 Å². The van der Waals surface area contributed by atoms with E-state index < -0.39 is 28.8 Å². The van der Waals surface area contributed by atoms with E-state index in [1.165, 1.54) is 0 Å². The molecule has 0 saturated carbocycles. The molecule has 190 valence electrons. The van der Waals surface area contributed by atoms with Gasteiger partial charge in [-0.05, 0) is 41.5 Å². The first-order chi connectivity index (χ1) is 17.1. The van der Waals surface area contributed by atoms with E-state index in [1.54, 1.807) is 10.6 Å². The Kier molecular flexibility index (Phi) is 7.38. The van der Waals surface area contributed by atoms with Crippen LogP contribution in [0.25, 0.3) is 22.4 Å². The summed E-state index contributed by atoms with van der Waals surface area (Å²) in [6, 6.07) is 11.9. The number of hydrogen-bond donors (Lipinski definition) is 1. The Bertz CT molecular complexity index is 1350. The highest BCUT2D eigenvalue weighted by atomic mass is 19.2. The highest BCUT2D eigenvalue weighted by Gasteiger charge is 2.26. The van der Waals surface area contributed by atoms with Gasteiger partial charge in [0.2, 0.25) is 0 Å². The molecule has 7 heteroatoms. The number of unbranched alkanes of at least 4 members (excludes halogenated alkanes) is 1. The van der Waals surface area contributed by atoms with Gasteiger partial charge in [0.25, 0.3) is 0 Å². The molecule has 4 aromatic rings. The summed E-state index contributed by atoms with van der Waals surface area (Å²) >= 11 is 0. The van der Waals surface area contributed by atoms with Crippen LogP contribution in [0.1, 0.15) is 70.4 Å². The molecule has 0 amide bonds. The summed E-state index contributed by atoms with van der Waals surface area (Å²) in [7, 11) is 0. The van der Waals surface area contributed by atoms with E-state index in [0.29, 0.717) is 29.7 Å². The highest BCUT2D eigenvalue weighted by molar-refractivity contribution is 5.93. The predicted octanol–water partition coefficient (Wildman–Crippen LogP) is 9.05. The number of aromatic nitrogens is 2. The molecule has 3 aromatic carbocycles. The fourth-order valence-electron chi connectivity index (χ4n) is 4.58. The standard InChI is InChI=1S/C29H31F4N3/c1-6-7-14-36-23-13-9-12-22(34-27-18(16(2)3)10-8-11-19(27)17(4)5)28(23)35-29(36)24-25(32)20(30)15-21(31)26(24)33/h8-13,15-17,34H,6-7,14H2,1-5H3. The largest absolute Gasteiger partial charge is 0.353 e. The normalized spacial score (nSPS) is 11.8. The highest BCUT2D eigenvalue weighted by Crippen LogP contribution is 2.38. The number of aryl methyl sites for hydroxylation is 1. The van der Waals surface area contributed by atoms with Crippen LogP contribution in [0.15, 0.2) is 42.5 Å². The molecule has 0 aliphatic heterocycles. The second-order valence-electron chi connectivity index (χ2n) is 9.70. The maximum Gasteiger partial charge on any atom is 0.172 e. The molecule has 1 aromatic heterocycles. The zero-order chi connectivity index (χ0) is 26.1. The molecule has 0 aliphatic carbocycles. The van der Waals surface area contributed by atoms with Crippen molar-refractivity contribution in [1.29, 1.82) is 0 Å². The number of rotatable bonds is 8. The van der Waals surface area contributed by atoms with Gasteiger partial charge in [-0.2, -0.15) is 0 Å². The number of fused-ring (bicyclic) bond motifs is 1. The molecule has 0 saturated heterocycles. The van der Waals surface area contributed by atoms with Crippen LogP contribution in [0.3, 0.4) is 0 Å². The van der Waals surface area contributed by atoms with Crippen molar-refractivity contribution >= 4 is 22.4 Å². The predicted molar refractivity (Wildman–Crippen MR) is 138 cm³/mol. The number of anilines is 2. The van der Waals surface area contributed by atoms with Gasteiger partial charge < -0.3 is 9.88 Å². The Morgan fingerprint density at radius 1 is 0.861 bits per heavy atom. The molecule has 0 radical (unpaired) electrons. The van der Waals surface area contributed by atoms with Crippen molar-refractivity contribution in [3.63, 3.8) is 0 Å². The van der Waals surface area contributed by atoms with Crippen LogP contribution in [0.4, 0.5) is 28.9 Å². The van der Waals surface area contributed by atoms with Gasteiger partial charge in [-0.3, -0.25) is 0 Å². The quantitative estimate of drug-likeness (QED) is 0.194. The fourth-order valence-corrected chi connectivity index (χ4v) is 4.58. The number of nitrogens with one attached hydrogen (secondary N) is 1. The minimum absolute atomic E-state index is 0.137. The number of para-hydroxylation sites is 2. The lowest BCUT2D eigenvalue weighted by Gasteiger charge is -2.21. The second-order valence-corrected chi connectivity index (χ2v) is 9.70. The maximum atomic E-state index is 14.8. The SMILES string of the molecule is CCCCn1c(-c2c(F)c(F)cc(F)c2F)nc2c(Nc3c(C(C)C)cccc3C(C)C)cccc21. The third-order valence-corrected chi connectivity index (χ3v) is 6.48. The van der Waals surface area contributed by atoms with E-state index >= 15 is 0 Å². The van der Waals surface area contributed by atoms with Crippen LogP contribution >= 0.6 is 0 Å². The Morgan fingerprint density at radius 3 is 2.00 bits per heavy atom. The minimum atomic E-state index is -1.45. The number of benzene rings is 3. The minimum Gasteiger partial charge on any atom is -0.353 e. The lowest BCUT2D eigenvalue weighted by Crippen LogP contribution is -2.06. The number of nitrogens with zero attached hydrogens (tertiary/aromatic N) is 2. The van der Waals surface area contributed by atoms with Crippen LogP contribution in [-0.4, -0.2) is 9.55 Å². The maximum absolute atomic E-state index is 14.8. The Morgan fingerprint density at radius 2 is 1.44 bits per heavy atom. The van der Waals surface area contributed by atoms with E-state index in [2.05, 4.69) is 50.1 Å². The summed E-state index contributed by atoms with van der Waals surface area (Å²) in [6.45, 7) is 10.9. The summed E-state index contributed by atoms with van der Waals surface area (Å²) in [5.41, 5.74) is 4.18. The third kappa shape index (κ3) is 4.59. The fraction of sp³-hybridized carbons (Fsp3) is 0.345. The number of hydrogen-bond acceptors (Lipinski definition) is 2. The molecule has 0 aliphatic rings. The first kappa shape index (κ1) is 25.7. The van der Waals surface area contributed by atoms with E-state index in [9.17, 15) is 17.6 Å². The molecule has 4 rings (SSSR count). The van der Waals surface area contributed by atoms with Crippen LogP contribution < -0.4 is 5.32 Å². The second kappa shape index (κ2) is 10.3. The van der Waals surface area contributed by atoms with E-state index in [4.69, 9.17) is 0 Å². The molecule has 0 atom stereocenters. The van der Waals surface area contributed by atoms with E-state index in [0.717, 1.165) is 23.2 Å². The van der Waals surface area contributed by atoms with Crippen LogP contribution in [0.5, 0.6) is 0 Å². The van der Waals surface area contributed by atoms with E-state index in [-0.39, 0.29) is 23.7 Å². The zero-order valence-corrected chi connectivity index (χ0v) is 21.2. The molecule has 0 unspecified atom stereocenters. The summed E-state index contributed by atoms with van der Waals surface area (Å²) in [5.74, 6) is -5.45. The third-order valence-electron chi connectivity index (χ3n) is 6.48. The molecule has 1 N–H and O–H groups in total. The lowest BCUT2D eigenvalue weighted by atomic mass is 9.92. The monoisotopic (exact) mass is 497 g/mol. The lowest BCUT2D eigenvalue weighted by molar-refractivity contribution is 0.456. The number of imidazole rings is 1. The first-order valence-corrected chi connectivity index (χ1v) is 12.4. The van der Waals surface area contributed by atoms with Crippen molar-refractivity contribution < 1.29 is 17.6 Å². The molecule has 0 bridgehead atoms. The summed E-state index contributed by atoms with van der Waals surface area (Å²) in [6.07, 6.45) is 1.52. The van der Waals surface area contributed by atoms with Crippen molar-refractivity contribution in [3.8, 4) is 11.4 Å². The summed E-state index contributed by atoms with van der Waals surface area (Å²) < 4.78 is 59.6. The van der Waals surface area contributed by atoms with E-state index in [1.807, 2.05) is 25.1 Å². The van der Waals surface area contributed by atoms with Crippen molar-refractivity contribution in [2.45, 2.75) is 65.8 Å². The molecule has 0 fully saturated rings. The van der Waals surface area contributed by atoms with Gasteiger partial charge in [-0.1, -0.05) is 65.3 Å². The van der Waals surface area contributed by atoms with Gasteiger partial charge in [-0.25, -0.2) is 22.5 Å². The van der Waals surface area contributed by atoms with Crippen LogP contribution in [-0.2, 0) is 6.54 Å². The van der Waals surface area contributed by atoms with Gasteiger partial charge in [0, 0.05) is 18.3 Å². The first-order valence-electron chi connectivity index (χ1n) is 12.4. The van der Waals surface area contributed by atoms with Gasteiger partial charge >= 0.3 is 0 Å². The van der Waals surface area contributed by atoms with Gasteiger partial charge in [0.15, 0.2) is 23.3 Å². The molecular weight excluding hydrogens is 466 g/mol. The summed E-state index contributed by atoms with van der Waals surface area (Å²) in [4.78, 5) is 4.57. The Hall–Kier alpha value is -3.35. The number of halogens is 4. The molecule has 36 heavy (non-hydrogen) atoms. The molecule has 1 heterocycles. The topological polar surface area (TPSA) is 29.9 Å². The smallest absolute Gasteiger partial charge is 0.172 e. The van der Waals surface area contributed by atoms with Crippen molar-refractivity contribution in [3.05, 3.63) is 76.9 Å². The van der Waals surface area contributed by atoms with Crippen LogP contribution in [0, 0.1) is 23.3 Å². The molecular formula is C29H31F4N3. The van der Waals surface area contributed by atoms with Gasteiger partial charge in [0.05, 0.1) is 16.8 Å².